The van der Waals surface area contributed by atoms with E-state index in [1.165, 1.54) is 0 Å². The van der Waals surface area contributed by atoms with Crippen molar-refractivity contribution in [2.75, 3.05) is 26.9 Å². The highest BCUT2D eigenvalue weighted by atomic mass is 35.5. The number of nitrogens with two attached hydrogens (primary N) is 1. The van der Waals surface area contributed by atoms with Gasteiger partial charge >= 0.3 is 0 Å². The largest absolute Gasteiger partial charge is 0.482 e. The zero-order valence-electron chi connectivity index (χ0n) is 11.8. The summed E-state index contributed by atoms with van der Waals surface area (Å²) in [6.45, 7) is 2.99. The second kappa shape index (κ2) is 8.79. The fourth-order valence-electron chi connectivity index (χ4n) is 1.56. The second-order valence-corrected chi connectivity index (χ2v) is 4.87. The first-order valence-corrected chi connectivity index (χ1v) is 6.86. The molecule has 1 rings (SSSR count). The van der Waals surface area contributed by atoms with Crippen LogP contribution in [0.15, 0.2) is 18.2 Å². The Hall–Kier alpha value is -1.30. The van der Waals surface area contributed by atoms with E-state index in [0.29, 0.717) is 23.9 Å². The molecule has 3 N–H and O–H groups in total. The van der Waals surface area contributed by atoms with E-state index in [1.807, 2.05) is 13.0 Å². The van der Waals surface area contributed by atoms with Gasteiger partial charge in [-0.1, -0.05) is 17.7 Å². The Balaban J connectivity index is 2.39. The van der Waals surface area contributed by atoms with Gasteiger partial charge in [-0.05, 0) is 31.0 Å². The molecule has 0 radical (unpaired) electrons. The van der Waals surface area contributed by atoms with E-state index in [2.05, 4.69) is 5.32 Å². The first-order valence-electron chi connectivity index (χ1n) is 6.48. The maximum absolute atomic E-state index is 11.5. The van der Waals surface area contributed by atoms with Gasteiger partial charge in [-0.3, -0.25) is 4.79 Å². The van der Waals surface area contributed by atoms with Gasteiger partial charge in [-0.2, -0.15) is 0 Å². The van der Waals surface area contributed by atoms with Crippen LogP contribution in [-0.2, 0) is 9.53 Å². The van der Waals surface area contributed by atoms with Crippen molar-refractivity contribution in [3.63, 3.8) is 0 Å². The molecule has 0 aliphatic rings. The summed E-state index contributed by atoms with van der Waals surface area (Å²) in [5.41, 5.74) is 6.68. The lowest BCUT2D eigenvalue weighted by Gasteiger charge is -2.11. The first-order chi connectivity index (χ1) is 9.54. The van der Waals surface area contributed by atoms with Gasteiger partial charge in [0.05, 0.1) is 5.02 Å². The lowest BCUT2D eigenvalue weighted by atomic mass is 10.1. The molecule has 0 spiro atoms. The smallest absolute Gasteiger partial charge is 0.257 e. The van der Waals surface area contributed by atoms with Gasteiger partial charge < -0.3 is 20.5 Å². The predicted molar refractivity (Wildman–Crippen MR) is 79.1 cm³/mol. The molecule has 0 bridgehead atoms. The van der Waals surface area contributed by atoms with E-state index < -0.39 is 0 Å². The van der Waals surface area contributed by atoms with Crippen molar-refractivity contribution in [3.05, 3.63) is 28.8 Å². The van der Waals surface area contributed by atoms with Gasteiger partial charge in [0.1, 0.15) is 5.75 Å². The van der Waals surface area contributed by atoms with Crippen LogP contribution in [0.4, 0.5) is 0 Å². The maximum Gasteiger partial charge on any atom is 0.257 e. The van der Waals surface area contributed by atoms with Crippen molar-refractivity contribution in [1.82, 2.24) is 5.32 Å². The van der Waals surface area contributed by atoms with Crippen LogP contribution in [0.3, 0.4) is 0 Å². The van der Waals surface area contributed by atoms with Crippen molar-refractivity contribution in [2.24, 2.45) is 5.73 Å². The van der Waals surface area contributed by atoms with Crippen LogP contribution in [0.25, 0.3) is 0 Å². The van der Waals surface area contributed by atoms with Gasteiger partial charge in [0.15, 0.2) is 6.61 Å². The monoisotopic (exact) mass is 300 g/mol. The zero-order chi connectivity index (χ0) is 15.0. The van der Waals surface area contributed by atoms with Crippen LogP contribution in [-0.4, -0.2) is 32.8 Å². The highest BCUT2D eigenvalue weighted by Crippen LogP contribution is 2.27. The van der Waals surface area contributed by atoms with Crippen LogP contribution >= 0.6 is 11.6 Å². The number of rotatable bonds is 8. The average Bonchev–Trinajstić information content (AvgIpc) is 2.42. The third-order valence-corrected chi connectivity index (χ3v) is 2.98. The molecule has 0 aliphatic carbocycles. The van der Waals surface area contributed by atoms with Gasteiger partial charge in [-0.15, -0.1) is 0 Å². The summed E-state index contributed by atoms with van der Waals surface area (Å²) in [6, 6.07) is 5.21. The molecule has 1 aromatic carbocycles. The fraction of sp³-hybridized carbons (Fsp3) is 0.500. The molecule has 20 heavy (non-hydrogen) atoms. The molecule has 0 heterocycles. The minimum Gasteiger partial charge on any atom is -0.482 e. The lowest BCUT2D eigenvalue weighted by Crippen LogP contribution is -2.30. The summed E-state index contributed by atoms with van der Waals surface area (Å²) in [5.74, 6) is 0.288. The van der Waals surface area contributed by atoms with Crippen molar-refractivity contribution in [3.8, 4) is 5.75 Å². The van der Waals surface area contributed by atoms with Gasteiger partial charge in [0.25, 0.3) is 5.91 Å². The fourth-order valence-corrected chi connectivity index (χ4v) is 1.80. The number of halogens is 1. The summed E-state index contributed by atoms with van der Waals surface area (Å²) >= 11 is 6.07. The molecule has 0 unspecified atom stereocenters. The van der Waals surface area contributed by atoms with Crippen LogP contribution in [0, 0.1) is 0 Å². The number of carbonyl (C=O) groups is 1. The Bertz CT molecular complexity index is 438. The molecule has 1 amide bonds. The number of methoxy groups -OCH3 is 1. The zero-order valence-corrected chi connectivity index (χ0v) is 12.6. The summed E-state index contributed by atoms with van der Waals surface area (Å²) in [7, 11) is 1.62. The number of hydrogen-bond acceptors (Lipinski definition) is 4. The van der Waals surface area contributed by atoms with E-state index in [-0.39, 0.29) is 18.6 Å². The van der Waals surface area contributed by atoms with Crippen molar-refractivity contribution >= 4 is 17.5 Å². The second-order valence-electron chi connectivity index (χ2n) is 4.46. The Kier molecular flexibility index (Phi) is 7.36. The van der Waals surface area contributed by atoms with Gasteiger partial charge in [0.2, 0.25) is 0 Å². The third-order valence-electron chi connectivity index (χ3n) is 2.69. The molecule has 0 saturated heterocycles. The molecular weight excluding hydrogens is 280 g/mol. The number of carbonyl (C=O) groups excluding carboxylic acids is 1. The standard InChI is InChI=1S/C14H21ClN2O3/c1-10(16)11-4-5-13(12(15)8-11)20-9-14(18)17-6-3-7-19-2/h4-5,8,10H,3,6-7,9,16H2,1-2H3,(H,17,18)/t10-/m0/s1. The third kappa shape index (κ3) is 5.77. The summed E-state index contributed by atoms with van der Waals surface area (Å²) < 4.78 is 10.3. The molecule has 112 valence electrons. The minimum absolute atomic E-state index is 0.0653. The topological polar surface area (TPSA) is 73.6 Å². The lowest BCUT2D eigenvalue weighted by molar-refractivity contribution is -0.123. The van der Waals surface area contributed by atoms with E-state index in [9.17, 15) is 4.79 Å². The Morgan fingerprint density at radius 1 is 1.50 bits per heavy atom. The van der Waals surface area contributed by atoms with Crippen LogP contribution in [0.1, 0.15) is 24.9 Å². The SMILES string of the molecule is COCCCNC(=O)COc1ccc([C@H](C)N)cc1Cl. The Morgan fingerprint density at radius 2 is 2.25 bits per heavy atom. The molecule has 1 aromatic rings. The molecular formula is C14H21ClN2O3. The molecule has 0 saturated carbocycles. The highest BCUT2D eigenvalue weighted by molar-refractivity contribution is 6.32. The van der Waals surface area contributed by atoms with Crippen molar-refractivity contribution in [2.45, 2.75) is 19.4 Å². The van der Waals surface area contributed by atoms with E-state index in [4.69, 9.17) is 26.8 Å². The molecule has 6 heteroatoms. The Labute approximate surface area is 124 Å². The number of nitrogens with one attached hydrogen (secondary N) is 1. The predicted octanol–water partition coefficient (Wildman–Crippen LogP) is 1.89. The van der Waals surface area contributed by atoms with E-state index in [0.717, 1.165) is 12.0 Å². The normalized spacial score (nSPS) is 12.0. The Morgan fingerprint density at radius 3 is 2.85 bits per heavy atom. The van der Waals surface area contributed by atoms with Crippen LogP contribution in [0.5, 0.6) is 5.75 Å². The summed E-state index contributed by atoms with van der Waals surface area (Å²) in [4.78, 5) is 11.5. The van der Waals surface area contributed by atoms with Gasteiger partial charge in [0, 0.05) is 26.3 Å². The number of ether oxygens (including phenoxy) is 2. The molecule has 0 aliphatic heterocycles. The van der Waals surface area contributed by atoms with E-state index >= 15 is 0 Å². The van der Waals surface area contributed by atoms with Gasteiger partial charge in [-0.25, -0.2) is 0 Å². The molecule has 1 atom stereocenters. The number of hydrogen-bond donors (Lipinski definition) is 2. The molecule has 5 nitrogen and oxygen atoms in total. The average molecular weight is 301 g/mol. The van der Waals surface area contributed by atoms with Crippen LogP contribution in [0.2, 0.25) is 5.02 Å². The minimum atomic E-state index is -0.187. The summed E-state index contributed by atoms with van der Waals surface area (Å²) in [5, 5.41) is 3.18. The van der Waals surface area contributed by atoms with Crippen molar-refractivity contribution in [1.29, 1.82) is 0 Å². The molecule has 0 aromatic heterocycles. The van der Waals surface area contributed by atoms with E-state index in [1.54, 1.807) is 19.2 Å². The first kappa shape index (κ1) is 16.8. The number of benzene rings is 1. The molecule has 0 fully saturated rings. The highest BCUT2D eigenvalue weighted by Gasteiger charge is 2.08. The quantitative estimate of drug-likeness (QED) is 0.719. The number of amides is 1. The van der Waals surface area contributed by atoms with Crippen LogP contribution < -0.4 is 15.8 Å². The summed E-state index contributed by atoms with van der Waals surface area (Å²) in [6.07, 6.45) is 0.770. The maximum atomic E-state index is 11.5. The van der Waals surface area contributed by atoms with Crippen molar-refractivity contribution < 1.29 is 14.3 Å².